The van der Waals surface area contributed by atoms with Crippen LogP contribution >= 0.6 is 0 Å². The van der Waals surface area contributed by atoms with E-state index in [0.29, 0.717) is 0 Å². The van der Waals surface area contributed by atoms with E-state index in [0.717, 1.165) is 31.6 Å². The van der Waals surface area contributed by atoms with Crippen LogP contribution in [0.2, 0.25) is 0 Å². The average Bonchev–Trinajstić information content (AvgIpc) is 2.91. The van der Waals surface area contributed by atoms with Gasteiger partial charge in [0.25, 0.3) is 0 Å². The maximum Gasteiger partial charge on any atom is 0.245 e. The molecule has 3 heteroatoms. The van der Waals surface area contributed by atoms with E-state index in [4.69, 9.17) is 0 Å². The summed E-state index contributed by atoms with van der Waals surface area (Å²) in [6.07, 6.45) is 1.93. The summed E-state index contributed by atoms with van der Waals surface area (Å²) in [5.41, 5.74) is 2.66. The molecule has 3 nitrogen and oxygen atoms in total. The molecule has 1 aromatic rings. The lowest BCUT2D eigenvalue weighted by molar-refractivity contribution is -0.131. The Bertz CT molecular complexity index is 456. The van der Waals surface area contributed by atoms with Gasteiger partial charge < -0.3 is 10.2 Å². The third kappa shape index (κ3) is 1.98. The van der Waals surface area contributed by atoms with E-state index in [2.05, 4.69) is 31.3 Å². The van der Waals surface area contributed by atoms with Crippen LogP contribution in [0.4, 0.5) is 5.69 Å². The Morgan fingerprint density at radius 3 is 2.83 bits per heavy atom. The van der Waals surface area contributed by atoms with Gasteiger partial charge in [-0.05, 0) is 23.5 Å². The summed E-state index contributed by atoms with van der Waals surface area (Å²) in [5.74, 6) is 0.261. The molecule has 0 spiro atoms. The van der Waals surface area contributed by atoms with Crippen molar-refractivity contribution in [2.24, 2.45) is 5.41 Å². The fraction of sp³-hybridized carbons (Fsp3) is 0.533. The van der Waals surface area contributed by atoms with Crippen molar-refractivity contribution in [2.45, 2.75) is 32.7 Å². The SMILES string of the molecule is CC1(C)CCN(C(=O)C2Cc3ccccc3N2)C1. The molecule has 1 amide bonds. The lowest BCUT2D eigenvalue weighted by Gasteiger charge is -2.23. The van der Waals surface area contributed by atoms with E-state index in [1.165, 1.54) is 5.56 Å². The number of amides is 1. The molecule has 2 aliphatic rings. The minimum atomic E-state index is -0.0590. The molecule has 2 heterocycles. The van der Waals surface area contributed by atoms with Crippen LogP contribution in [-0.4, -0.2) is 29.9 Å². The largest absolute Gasteiger partial charge is 0.373 e. The summed E-state index contributed by atoms with van der Waals surface area (Å²) in [4.78, 5) is 14.5. The quantitative estimate of drug-likeness (QED) is 0.822. The number of likely N-dealkylation sites (tertiary alicyclic amines) is 1. The van der Waals surface area contributed by atoms with Crippen LogP contribution in [0.5, 0.6) is 0 Å². The molecule has 1 fully saturated rings. The summed E-state index contributed by atoms with van der Waals surface area (Å²) < 4.78 is 0. The van der Waals surface area contributed by atoms with Gasteiger partial charge in [0.05, 0.1) is 0 Å². The first-order valence-electron chi connectivity index (χ1n) is 6.68. The van der Waals surface area contributed by atoms with E-state index in [-0.39, 0.29) is 17.4 Å². The highest BCUT2D eigenvalue weighted by Crippen LogP contribution is 2.31. The van der Waals surface area contributed by atoms with Crippen molar-refractivity contribution < 1.29 is 4.79 Å². The zero-order chi connectivity index (χ0) is 12.8. The monoisotopic (exact) mass is 244 g/mol. The zero-order valence-electron chi connectivity index (χ0n) is 11.1. The zero-order valence-corrected chi connectivity index (χ0v) is 11.1. The van der Waals surface area contributed by atoms with Crippen LogP contribution in [0, 0.1) is 5.41 Å². The first kappa shape index (κ1) is 11.6. The van der Waals surface area contributed by atoms with Crippen LogP contribution in [0.3, 0.4) is 0 Å². The molecule has 18 heavy (non-hydrogen) atoms. The Morgan fingerprint density at radius 2 is 2.17 bits per heavy atom. The lowest BCUT2D eigenvalue weighted by Crippen LogP contribution is -2.41. The van der Waals surface area contributed by atoms with E-state index in [1.54, 1.807) is 0 Å². The van der Waals surface area contributed by atoms with E-state index >= 15 is 0 Å². The number of hydrogen-bond acceptors (Lipinski definition) is 2. The molecule has 2 aliphatic heterocycles. The molecular weight excluding hydrogens is 224 g/mol. The number of anilines is 1. The standard InChI is InChI=1S/C15H20N2O/c1-15(2)7-8-17(10-15)14(18)13-9-11-5-3-4-6-12(11)16-13/h3-6,13,16H,7-10H2,1-2H3. The molecule has 0 saturated carbocycles. The van der Waals surface area contributed by atoms with E-state index in [1.807, 2.05) is 17.0 Å². The van der Waals surface area contributed by atoms with Crippen molar-refractivity contribution in [3.63, 3.8) is 0 Å². The van der Waals surface area contributed by atoms with Gasteiger partial charge in [0, 0.05) is 25.2 Å². The number of hydrogen-bond donors (Lipinski definition) is 1. The van der Waals surface area contributed by atoms with Gasteiger partial charge in [0.15, 0.2) is 0 Å². The number of rotatable bonds is 1. The van der Waals surface area contributed by atoms with Crippen LogP contribution in [0.15, 0.2) is 24.3 Å². The maximum absolute atomic E-state index is 12.5. The Kier molecular flexibility index (Phi) is 2.58. The van der Waals surface area contributed by atoms with Gasteiger partial charge in [-0.2, -0.15) is 0 Å². The van der Waals surface area contributed by atoms with Crippen molar-refractivity contribution in [2.75, 3.05) is 18.4 Å². The second kappa shape index (κ2) is 4.01. The van der Waals surface area contributed by atoms with Gasteiger partial charge in [-0.3, -0.25) is 4.79 Å². The Labute approximate surface area is 108 Å². The normalized spacial score (nSPS) is 24.8. The molecule has 0 aliphatic carbocycles. The highest BCUT2D eigenvalue weighted by molar-refractivity contribution is 5.87. The number of benzene rings is 1. The number of nitrogens with one attached hydrogen (secondary N) is 1. The fourth-order valence-corrected chi connectivity index (χ4v) is 2.97. The van der Waals surface area contributed by atoms with Crippen molar-refractivity contribution in [1.29, 1.82) is 0 Å². The molecule has 3 rings (SSSR count). The first-order chi connectivity index (χ1) is 8.55. The number of para-hydroxylation sites is 1. The molecule has 0 radical (unpaired) electrons. The molecule has 1 N–H and O–H groups in total. The number of carbonyl (C=O) groups excluding carboxylic acids is 1. The third-order valence-electron chi connectivity index (χ3n) is 4.06. The van der Waals surface area contributed by atoms with Gasteiger partial charge in [0.2, 0.25) is 5.91 Å². The van der Waals surface area contributed by atoms with Gasteiger partial charge in [0.1, 0.15) is 6.04 Å². The predicted octanol–water partition coefficient (Wildman–Crippen LogP) is 2.28. The van der Waals surface area contributed by atoms with Crippen LogP contribution < -0.4 is 5.32 Å². The second-order valence-corrected chi connectivity index (χ2v) is 6.23. The van der Waals surface area contributed by atoms with Crippen molar-refractivity contribution in [3.05, 3.63) is 29.8 Å². The summed E-state index contributed by atoms with van der Waals surface area (Å²) in [6.45, 7) is 6.26. The highest BCUT2D eigenvalue weighted by Gasteiger charge is 2.36. The third-order valence-corrected chi connectivity index (χ3v) is 4.06. The Hall–Kier alpha value is -1.51. The molecule has 1 aromatic carbocycles. The molecule has 1 saturated heterocycles. The van der Waals surface area contributed by atoms with Crippen molar-refractivity contribution >= 4 is 11.6 Å². The second-order valence-electron chi connectivity index (χ2n) is 6.23. The molecule has 1 atom stereocenters. The number of fused-ring (bicyclic) bond motifs is 1. The molecule has 0 aromatic heterocycles. The Morgan fingerprint density at radius 1 is 1.39 bits per heavy atom. The van der Waals surface area contributed by atoms with Gasteiger partial charge >= 0.3 is 0 Å². The number of carbonyl (C=O) groups is 1. The summed E-state index contributed by atoms with van der Waals surface area (Å²) in [7, 11) is 0. The average molecular weight is 244 g/mol. The van der Waals surface area contributed by atoms with Crippen LogP contribution in [-0.2, 0) is 11.2 Å². The summed E-state index contributed by atoms with van der Waals surface area (Å²) in [5, 5.41) is 3.35. The lowest BCUT2D eigenvalue weighted by atomic mass is 9.93. The number of nitrogens with zero attached hydrogens (tertiary/aromatic N) is 1. The molecule has 96 valence electrons. The topological polar surface area (TPSA) is 32.3 Å². The van der Waals surface area contributed by atoms with Crippen LogP contribution in [0.1, 0.15) is 25.8 Å². The smallest absolute Gasteiger partial charge is 0.245 e. The molecular formula is C15H20N2O. The van der Waals surface area contributed by atoms with Crippen molar-refractivity contribution in [3.8, 4) is 0 Å². The molecule has 1 unspecified atom stereocenters. The van der Waals surface area contributed by atoms with E-state index in [9.17, 15) is 4.79 Å². The van der Waals surface area contributed by atoms with E-state index < -0.39 is 0 Å². The minimum absolute atomic E-state index is 0.0590. The van der Waals surface area contributed by atoms with Gasteiger partial charge in [-0.25, -0.2) is 0 Å². The maximum atomic E-state index is 12.5. The highest BCUT2D eigenvalue weighted by atomic mass is 16.2. The van der Waals surface area contributed by atoms with Gasteiger partial charge in [-0.15, -0.1) is 0 Å². The van der Waals surface area contributed by atoms with Crippen molar-refractivity contribution in [1.82, 2.24) is 4.90 Å². The fourth-order valence-electron chi connectivity index (χ4n) is 2.97. The summed E-state index contributed by atoms with van der Waals surface area (Å²) in [6, 6.07) is 8.14. The van der Waals surface area contributed by atoms with Gasteiger partial charge in [-0.1, -0.05) is 32.0 Å². The summed E-state index contributed by atoms with van der Waals surface area (Å²) >= 11 is 0. The Balaban J connectivity index is 1.70. The first-order valence-corrected chi connectivity index (χ1v) is 6.68. The van der Waals surface area contributed by atoms with Crippen LogP contribution in [0.25, 0.3) is 0 Å². The minimum Gasteiger partial charge on any atom is -0.373 e. The predicted molar refractivity (Wildman–Crippen MR) is 72.5 cm³/mol. The molecule has 0 bridgehead atoms.